The van der Waals surface area contributed by atoms with E-state index in [0.29, 0.717) is 6.54 Å². The fraction of sp³-hybridized carbons (Fsp3) is 0.462. The standard InChI is InChI=1S/C13H19NO2/c1-10-7-11(2)13(16-4)12(8-10)9-14(3)5-6-15/h6-8H,5,9H2,1-4H3. The SMILES string of the molecule is COc1c(C)cc(C)cc1CN(C)CC=O. The Hall–Kier alpha value is -1.35. The van der Waals surface area contributed by atoms with Crippen LogP contribution in [-0.4, -0.2) is 31.9 Å². The minimum absolute atomic E-state index is 0.441. The van der Waals surface area contributed by atoms with E-state index in [4.69, 9.17) is 4.74 Å². The highest BCUT2D eigenvalue weighted by atomic mass is 16.5. The molecular formula is C13H19NO2. The van der Waals surface area contributed by atoms with Gasteiger partial charge in [-0.1, -0.05) is 17.7 Å². The molecule has 0 atom stereocenters. The summed E-state index contributed by atoms with van der Waals surface area (Å²) in [5, 5.41) is 0. The van der Waals surface area contributed by atoms with Crippen LogP contribution in [0.1, 0.15) is 16.7 Å². The number of methoxy groups -OCH3 is 1. The van der Waals surface area contributed by atoms with Gasteiger partial charge in [-0.3, -0.25) is 4.90 Å². The molecule has 0 amide bonds. The first kappa shape index (κ1) is 12.7. The van der Waals surface area contributed by atoms with Crippen molar-refractivity contribution >= 4 is 6.29 Å². The number of hydrogen-bond donors (Lipinski definition) is 0. The fourth-order valence-corrected chi connectivity index (χ4v) is 1.93. The molecule has 3 nitrogen and oxygen atoms in total. The fourth-order valence-electron chi connectivity index (χ4n) is 1.93. The van der Waals surface area contributed by atoms with Crippen LogP contribution in [0.5, 0.6) is 5.75 Å². The van der Waals surface area contributed by atoms with Crippen molar-refractivity contribution in [3.8, 4) is 5.75 Å². The molecule has 0 heterocycles. The first-order valence-corrected chi connectivity index (χ1v) is 5.34. The quantitative estimate of drug-likeness (QED) is 0.712. The zero-order valence-corrected chi connectivity index (χ0v) is 10.4. The van der Waals surface area contributed by atoms with E-state index in [-0.39, 0.29) is 0 Å². The lowest BCUT2D eigenvalue weighted by Crippen LogP contribution is -2.20. The molecule has 1 rings (SSSR count). The minimum Gasteiger partial charge on any atom is -0.496 e. The second-order valence-electron chi connectivity index (χ2n) is 4.14. The summed E-state index contributed by atoms with van der Waals surface area (Å²) in [6.07, 6.45) is 0.912. The van der Waals surface area contributed by atoms with E-state index in [0.717, 1.165) is 29.7 Å². The van der Waals surface area contributed by atoms with E-state index in [1.165, 1.54) is 5.56 Å². The van der Waals surface area contributed by atoms with Crippen molar-refractivity contribution in [3.63, 3.8) is 0 Å². The van der Waals surface area contributed by atoms with Gasteiger partial charge in [0.25, 0.3) is 0 Å². The average molecular weight is 221 g/mol. The number of hydrogen-bond acceptors (Lipinski definition) is 3. The maximum Gasteiger partial charge on any atom is 0.133 e. The summed E-state index contributed by atoms with van der Waals surface area (Å²) in [7, 11) is 3.60. The Morgan fingerprint density at radius 2 is 2.06 bits per heavy atom. The Kier molecular flexibility index (Phi) is 4.50. The molecule has 88 valence electrons. The minimum atomic E-state index is 0.441. The molecule has 1 aromatic rings. The Balaban J connectivity index is 2.97. The summed E-state index contributed by atoms with van der Waals surface area (Å²) in [5.41, 5.74) is 3.48. The molecule has 0 aliphatic rings. The summed E-state index contributed by atoms with van der Waals surface area (Å²) in [4.78, 5) is 12.4. The van der Waals surface area contributed by atoms with Crippen LogP contribution in [-0.2, 0) is 11.3 Å². The number of nitrogens with zero attached hydrogens (tertiary/aromatic N) is 1. The predicted octanol–water partition coefficient (Wildman–Crippen LogP) is 1.94. The molecule has 0 aliphatic carbocycles. The van der Waals surface area contributed by atoms with Crippen molar-refractivity contribution < 1.29 is 9.53 Å². The van der Waals surface area contributed by atoms with Crippen molar-refractivity contribution in [1.82, 2.24) is 4.90 Å². The first-order valence-electron chi connectivity index (χ1n) is 5.34. The van der Waals surface area contributed by atoms with Gasteiger partial charge in [-0.05, 0) is 26.5 Å². The maximum absolute atomic E-state index is 10.4. The smallest absolute Gasteiger partial charge is 0.133 e. The van der Waals surface area contributed by atoms with Crippen LogP contribution < -0.4 is 4.74 Å². The second kappa shape index (κ2) is 5.66. The van der Waals surface area contributed by atoms with Gasteiger partial charge in [-0.2, -0.15) is 0 Å². The van der Waals surface area contributed by atoms with Crippen LogP contribution in [0.3, 0.4) is 0 Å². The second-order valence-corrected chi connectivity index (χ2v) is 4.14. The zero-order valence-electron chi connectivity index (χ0n) is 10.4. The lowest BCUT2D eigenvalue weighted by atomic mass is 10.1. The molecule has 0 aliphatic heterocycles. The van der Waals surface area contributed by atoms with E-state index in [2.05, 4.69) is 19.1 Å². The van der Waals surface area contributed by atoms with Gasteiger partial charge in [0.05, 0.1) is 13.7 Å². The predicted molar refractivity (Wildman–Crippen MR) is 64.9 cm³/mol. The maximum atomic E-state index is 10.4. The lowest BCUT2D eigenvalue weighted by molar-refractivity contribution is -0.108. The Morgan fingerprint density at radius 1 is 1.38 bits per heavy atom. The molecule has 0 saturated carbocycles. The molecule has 0 N–H and O–H groups in total. The third-order valence-corrected chi connectivity index (χ3v) is 2.53. The highest BCUT2D eigenvalue weighted by Crippen LogP contribution is 2.25. The third kappa shape index (κ3) is 3.07. The molecule has 16 heavy (non-hydrogen) atoms. The number of rotatable bonds is 5. The van der Waals surface area contributed by atoms with Gasteiger partial charge in [-0.25, -0.2) is 0 Å². The Labute approximate surface area is 97.0 Å². The number of aryl methyl sites for hydroxylation is 2. The van der Waals surface area contributed by atoms with Crippen molar-refractivity contribution in [2.45, 2.75) is 20.4 Å². The van der Waals surface area contributed by atoms with Gasteiger partial charge >= 0.3 is 0 Å². The normalized spacial score (nSPS) is 10.6. The largest absolute Gasteiger partial charge is 0.496 e. The lowest BCUT2D eigenvalue weighted by Gasteiger charge is -2.17. The topological polar surface area (TPSA) is 29.5 Å². The molecule has 0 saturated heterocycles. The van der Waals surface area contributed by atoms with E-state index >= 15 is 0 Å². The molecule has 3 heteroatoms. The van der Waals surface area contributed by atoms with Crippen LogP contribution >= 0.6 is 0 Å². The Morgan fingerprint density at radius 3 is 2.62 bits per heavy atom. The highest BCUT2D eigenvalue weighted by Gasteiger charge is 2.09. The van der Waals surface area contributed by atoms with Gasteiger partial charge in [-0.15, -0.1) is 0 Å². The molecule has 1 aromatic carbocycles. The van der Waals surface area contributed by atoms with Crippen molar-refractivity contribution in [2.75, 3.05) is 20.7 Å². The van der Waals surface area contributed by atoms with Crippen LogP contribution in [0, 0.1) is 13.8 Å². The molecule has 0 bridgehead atoms. The number of benzene rings is 1. The molecule has 0 radical (unpaired) electrons. The van der Waals surface area contributed by atoms with Crippen LogP contribution in [0.15, 0.2) is 12.1 Å². The van der Waals surface area contributed by atoms with Gasteiger partial charge in [0, 0.05) is 12.1 Å². The number of carbonyl (C=O) groups excluding carboxylic acids is 1. The van der Waals surface area contributed by atoms with Crippen LogP contribution in [0.4, 0.5) is 0 Å². The number of aldehydes is 1. The van der Waals surface area contributed by atoms with Crippen molar-refractivity contribution in [3.05, 3.63) is 28.8 Å². The zero-order chi connectivity index (χ0) is 12.1. The van der Waals surface area contributed by atoms with E-state index < -0.39 is 0 Å². The number of ether oxygens (including phenoxy) is 1. The molecule has 0 aromatic heterocycles. The molecular weight excluding hydrogens is 202 g/mol. The molecule has 0 fully saturated rings. The number of carbonyl (C=O) groups is 1. The van der Waals surface area contributed by atoms with Crippen LogP contribution in [0.2, 0.25) is 0 Å². The van der Waals surface area contributed by atoms with Crippen molar-refractivity contribution in [2.24, 2.45) is 0 Å². The van der Waals surface area contributed by atoms with Crippen molar-refractivity contribution in [1.29, 1.82) is 0 Å². The van der Waals surface area contributed by atoms with Gasteiger partial charge < -0.3 is 9.53 Å². The summed E-state index contributed by atoms with van der Waals surface area (Å²) >= 11 is 0. The monoisotopic (exact) mass is 221 g/mol. The summed E-state index contributed by atoms with van der Waals surface area (Å²) < 4.78 is 5.40. The van der Waals surface area contributed by atoms with Gasteiger partial charge in [0.1, 0.15) is 12.0 Å². The van der Waals surface area contributed by atoms with Gasteiger partial charge in [0.2, 0.25) is 0 Å². The van der Waals surface area contributed by atoms with E-state index in [1.54, 1.807) is 7.11 Å². The average Bonchev–Trinajstić information content (AvgIpc) is 2.17. The summed E-state index contributed by atoms with van der Waals surface area (Å²) in [6.45, 7) is 5.27. The third-order valence-electron chi connectivity index (χ3n) is 2.53. The first-order chi connectivity index (χ1) is 7.58. The van der Waals surface area contributed by atoms with Gasteiger partial charge in [0.15, 0.2) is 0 Å². The van der Waals surface area contributed by atoms with E-state index in [9.17, 15) is 4.79 Å². The molecule has 0 spiro atoms. The van der Waals surface area contributed by atoms with E-state index in [1.807, 2.05) is 18.9 Å². The number of likely N-dealkylation sites (N-methyl/N-ethyl adjacent to an activating group) is 1. The summed E-state index contributed by atoms with van der Waals surface area (Å²) in [5.74, 6) is 0.920. The highest BCUT2D eigenvalue weighted by molar-refractivity contribution is 5.52. The van der Waals surface area contributed by atoms with Crippen LogP contribution in [0.25, 0.3) is 0 Å². The summed E-state index contributed by atoms with van der Waals surface area (Å²) in [6, 6.07) is 4.20. The molecule has 0 unspecified atom stereocenters. The Bertz CT molecular complexity index is 374.